The van der Waals surface area contributed by atoms with Gasteiger partial charge in [-0.3, -0.25) is 9.40 Å². The lowest BCUT2D eigenvalue weighted by Gasteiger charge is -2.08. The van der Waals surface area contributed by atoms with Crippen LogP contribution in [0.15, 0.2) is 30.5 Å². The Morgan fingerprint density at radius 1 is 1.33 bits per heavy atom. The number of nitrogens with zero attached hydrogens (tertiary/aromatic N) is 2. The van der Waals surface area contributed by atoms with Crippen LogP contribution in [0.25, 0.3) is 0 Å². The standard InChI is InChI=1S/C14H19N3O3S/c1-3-13-14(8-17(2)15-13)16-21(19,20)10-12-6-4-5-11(7-12)9-18/h4-8,16,18H,3,9-10H2,1-2H3. The molecule has 2 aromatic rings. The summed E-state index contributed by atoms with van der Waals surface area (Å²) in [6.07, 6.45) is 2.30. The van der Waals surface area contributed by atoms with Crippen LogP contribution >= 0.6 is 0 Å². The van der Waals surface area contributed by atoms with Gasteiger partial charge in [-0.25, -0.2) is 8.42 Å². The van der Waals surface area contributed by atoms with Crippen molar-refractivity contribution in [2.45, 2.75) is 25.7 Å². The number of aromatic nitrogens is 2. The monoisotopic (exact) mass is 309 g/mol. The predicted molar refractivity (Wildman–Crippen MR) is 81.2 cm³/mol. The molecule has 1 heterocycles. The third kappa shape index (κ3) is 4.05. The van der Waals surface area contributed by atoms with Gasteiger partial charge in [-0.2, -0.15) is 5.10 Å². The second-order valence-corrected chi connectivity index (χ2v) is 6.58. The van der Waals surface area contributed by atoms with Crippen molar-refractivity contribution < 1.29 is 13.5 Å². The van der Waals surface area contributed by atoms with Crippen molar-refractivity contribution >= 4 is 15.7 Å². The van der Waals surface area contributed by atoms with Gasteiger partial charge in [-0.15, -0.1) is 0 Å². The lowest BCUT2D eigenvalue weighted by atomic mass is 10.1. The molecule has 6 nitrogen and oxygen atoms in total. The summed E-state index contributed by atoms with van der Waals surface area (Å²) in [7, 11) is -1.77. The fourth-order valence-electron chi connectivity index (χ4n) is 2.12. The predicted octanol–water partition coefficient (Wildman–Crippen LogP) is 1.42. The molecule has 0 aliphatic rings. The summed E-state index contributed by atoms with van der Waals surface area (Å²) in [5.41, 5.74) is 2.55. The second-order valence-electron chi connectivity index (χ2n) is 4.86. The molecule has 0 aliphatic carbocycles. The van der Waals surface area contributed by atoms with Crippen LogP contribution in [0.2, 0.25) is 0 Å². The summed E-state index contributed by atoms with van der Waals surface area (Å²) in [4.78, 5) is 0. The second kappa shape index (κ2) is 6.28. The van der Waals surface area contributed by atoms with Crippen LogP contribution in [0, 0.1) is 0 Å². The fraction of sp³-hybridized carbons (Fsp3) is 0.357. The Kier molecular flexibility index (Phi) is 4.64. The van der Waals surface area contributed by atoms with E-state index >= 15 is 0 Å². The molecule has 0 aliphatic heterocycles. The minimum Gasteiger partial charge on any atom is -0.392 e. The molecule has 2 rings (SSSR count). The molecular formula is C14H19N3O3S. The Labute approximate surface area is 124 Å². The third-order valence-corrected chi connectivity index (χ3v) is 4.28. The van der Waals surface area contributed by atoms with E-state index in [9.17, 15) is 8.42 Å². The minimum absolute atomic E-state index is 0.107. The van der Waals surface area contributed by atoms with Crippen LogP contribution in [-0.4, -0.2) is 23.3 Å². The van der Waals surface area contributed by atoms with Crippen LogP contribution in [0.3, 0.4) is 0 Å². The Balaban J connectivity index is 2.18. The summed E-state index contributed by atoms with van der Waals surface area (Å²) >= 11 is 0. The van der Waals surface area contributed by atoms with E-state index in [-0.39, 0.29) is 12.4 Å². The number of benzene rings is 1. The average molecular weight is 309 g/mol. The van der Waals surface area contributed by atoms with Crippen LogP contribution in [0.1, 0.15) is 23.7 Å². The van der Waals surface area contributed by atoms with Gasteiger partial charge in [0.2, 0.25) is 10.0 Å². The Hall–Kier alpha value is -1.86. The molecule has 21 heavy (non-hydrogen) atoms. The van der Waals surface area contributed by atoms with Gasteiger partial charge in [-0.05, 0) is 17.5 Å². The maximum atomic E-state index is 12.2. The lowest BCUT2D eigenvalue weighted by molar-refractivity contribution is 0.282. The summed E-state index contributed by atoms with van der Waals surface area (Å²) < 4.78 is 28.6. The smallest absolute Gasteiger partial charge is 0.237 e. The van der Waals surface area contributed by atoms with E-state index in [4.69, 9.17) is 5.11 Å². The minimum atomic E-state index is -3.52. The topological polar surface area (TPSA) is 84.2 Å². The van der Waals surface area contributed by atoms with Crippen molar-refractivity contribution in [1.82, 2.24) is 9.78 Å². The molecule has 1 aromatic carbocycles. The fourth-order valence-corrected chi connectivity index (χ4v) is 3.32. The molecule has 0 spiro atoms. The van der Waals surface area contributed by atoms with Gasteiger partial charge < -0.3 is 5.11 Å². The number of aryl methyl sites for hydroxylation is 2. The van der Waals surface area contributed by atoms with Crippen LogP contribution in [0.5, 0.6) is 0 Å². The van der Waals surface area contributed by atoms with E-state index in [1.807, 2.05) is 6.92 Å². The largest absolute Gasteiger partial charge is 0.392 e. The number of anilines is 1. The highest BCUT2D eigenvalue weighted by Gasteiger charge is 2.16. The van der Waals surface area contributed by atoms with Gasteiger partial charge in [0.15, 0.2) is 0 Å². The Morgan fingerprint density at radius 2 is 2.05 bits per heavy atom. The molecule has 0 unspecified atom stereocenters. The third-order valence-electron chi connectivity index (χ3n) is 3.04. The van der Waals surface area contributed by atoms with Gasteiger partial charge in [0.1, 0.15) is 0 Å². The lowest BCUT2D eigenvalue weighted by Crippen LogP contribution is -2.15. The normalized spacial score (nSPS) is 11.6. The number of rotatable bonds is 6. The number of aliphatic hydroxyl groups excluding tert-OH is 1. The van der Waals surface area contributed by atoms with Gasteiger partial charge in [-0.1, -0.05) is 31.2 Å². The summed E-state index contributed by atoms with van der Waals surface area (Å²) in [5.74, 6) is -0.140. The number of sulfonamides is 1. The molecule has 0 atom stereocenters. The molecule has 0 saturated carbocycles. The van der Waals surface area contributed by atoms with Crippen molar-refractivity contribution in [1.29, 1.82) is 0 Å². The maximum absolute atomic E-state index is 12.2. The van der Waals surface area contributed by atoms with Crippen LogP contribution in [-0.2, 0) is 35.9 Å². The van der Waals surface area contributed by atoms with Crippen LogP contribution in [0.4, 0.5) is 5.69 Å². The Bertz CT molecular complexity index is 723. The number of hydrogen-bond donors (Lipinski definition) is 2. The van der Waals surface area contributed by atoms with Gasteiger partial charge in [0, 0.05) is 13.2 Å². The van der Waals surface area contributed by atoms with Crippen molar-refractivity contribution in [2.24, 2.45) is 7.05 Å². The van der Waals surface area contributed by atoms with Crippen molar-refractivity contribution in [3.8, 4) is 0 Å². The first-order valence-corrected chi connectivity index (χ1v) is 8.30. The average Bonchev–Trinajstić information content (AvgIpc) is 2.77. The highest BCUT2D eigenvalue weighted by molar-refractivity contribution is 7.91. The van der Waals surface area contributed by atoms with Crippen molar-refractivity contribution in [2.75, 3.05) is 4.72 Å². The van der Waals surface area contributed by atoms with E-state index in [0.29, 0.717) is 28.9 Å². The molecule has 1 aromatic heterocycles. The molecule has 0 bridgehead atoms. The quantitative estimate of drug-likeness (QED) is 0.845. The molecule has 2 N–H and O–H groups in total. The van der Waals surface area contributed by atoms with Crippen molar-refractivity contribution in [3.63, 3.8) is 0 Å². The first-order valence-electron chi connectivity index (χ1n) is 6.65. The van der Waals surface area contributed by atoms with E-state index in [1.54, 1.807) is 42.2 Å². The highest BCUT2D eigenvalue weighted by atomic mass is 32.2. The van der Waals surface area contributed by atoms with Gasteiger partial charge >= 0.3 is 0 Å². The summed E-state index contributed by atoms with van der Waals surface area (Å²) in [6, 6.07) is 6.89. The zero-order valence-electron chi connectivity index (χ0n) is 12.1. The SMILES string of the molecule is CCc1nn(C)cc1NS(=O)(=O)Cc1cccc(CO)c1. The highest BCUT2D eigenvalue weighted by Crippen LogP contribution is 2.17. The molecular weight excluding hydrogens is 290 g/mol. The number of nitrogens with one attached hydrogen (secondary N) is 1. The van der Waals surface area contributed by atoms with E-state index in [1.165, 1.54) is 0 Å². The molecule has 114 valence electrons. The molecule has 0 fully saturated rings. The molecule has 0 amide bonds. The summed E-state index contributed by atoms with van der Waals surface area (Å²) in [5, 5.41) is 13.3. The van der Waals surface area contributed by atoms with Crippen LogP contribution < -0.4 is 4.72 Å². The molecule has 0 saturated heterocycles. The maximum Gasteiger partial charge on any atom is 0.237 e. The summed E-state index contributed by atoms with van der Waals surface area (Å²) in [6.45, 7) is 1.81. The first kappa shape index (κ1) is 15.5. The Morgan fingerprint density at radius 3 is 2.71 bits per heavy atom. The van der Waals surface area contributed by atoms with Gasteiger partial charge in [0.05, 0.1) is 23.7 Å². The zero-order valence-corrected chi connectivity index (χ0v) is 12.9. The van der Waals surface area contributed by atoms with E-state index in [2.05, 4.69) is 9.82 Å². The zero-order chi connectivity index (χ0) is 15.5. The van der Waals surface area contributed by atoms with E-state index < -0.39 is 10.0 Å². The number of hydrogen-bond acceptors (Lipinski definition) is 4. The van der Waals surface area contributed by atoms with Gasteiger partial charge in [0.25, 0.3) is 0 Å². The first-order chi connectivity index (χ1) is 9.93. The number of aliphatic hydroxyl groups is 1. The van der Waals surface area contributed by atoms with Crippen molar-refractivity contribution in [3.05, 3.63) is 47.3 Å². The molecule has 7 heteroatoms. The molecule has 0 radical (unpaired) electrons. The van der Waals surface area contributed by atoms with E-state index in [0.717, 1.165) is 0 Å².